The Morgan fingerprint density at radius 2 is 1.03 bits per heavy atom. The number of ether oxygens (including phenoxy) is 8. The molecule has 0 aliphatic carbocycles. The van der Waals surface area contributed by atoms with Gasteiger partial charge in [-0.05, 0) is 55.2 Å². The van der Waals surface area contributed by atoms with E-state index in [1.165, 1.54) is 0 Å². The summed E-state index contributed by atoms with van der Waals surface area (Å²) >= 11 is 0. The minimum absolute atomic E-state index is 0.0329. The predicted octanol–water partition coefficient (Wildman–Crippen LogP) is 2.73. The van der Waals surface area contributed by atoms with Gasteiger partial charge in [0.25, 0.3) is 0 Å². The molecule has 0 saturated heterocycles. The molecule has 19 heteroatoms. The Morgan fingerprint density at radius 1 is 0.547 bits per heavy atom. The Hall–Kier alpha value is -3.95. The van der Waals surface area contributed by atoms with Gasteiger partial charge in [-0.3, -0.25) is 19.2 Å². The standard InChI is InChI=1S/C45H80N6O13/c1-6-7-10-40(52)47-17-19-58-21-23-60-25-27-62-29-31-64-33-32-63-30-28-61-26-24-59-22-20-57-18-15-41(53)51-42(36(4)5)44(55)50-39(9-8-16-48-45(46)56)43(54)49-38-13-11-37(12-14-38)34-35(2)3/h11-14,35-36,39,42H,6-10,15-34H2,1-5H3,(H,47,52)(H,49,54)(H,50,55)(H,51,53)(H3,46,48,56)/t39-,42-/m0/s1. The second kappa shape index (κ2) is 39.4. The van der Waals surface area contributed by atoms with Crippen molar-refractivity contribution in [3.63, 3.8) is 0 Å². The molecule has 0 aliphatic heterocycles. The van der Waals surface area contributed by atoms with E-state index in [1.54, 1.807) is 13.8 Å². The zero-order valence-electron chi connectivity index (χ0n) is 39.2. The summed E-state index contributed by atoms with van der Waals surface area (Å²) in [6.45, 7) is 17.2. The van der Waals surface area contributed by atoms with Gasteiger partial charge in [-0.15, -0.1) is 0 Å². The Labute approximate surface area is 380 Å². The molecular weight excluding hydrogens is 833 g/mol. The van der Waals surface area contributed by atoms with Crippen LogP contribution in [0.25, 0.3) is 0 Å². The summed E-state index contributed by atoms with van der Waals surface area (Å²) in [5.74, 6) is -0.989. The fourth-order valence-corrected chi connectivity index (χ4v) is 5.75. The molecule has 0 aliphatic rings. The van der Waals surface area contributed by atoms with Gasteiger partial charge < -0.3 is 70.2 Å². The van der Waals surface area contributed by atoms with Crippen LogP contribution in [0.5, 0.6) is 0 Å². The highest BCUT2D eigenvalue weighted by molar-refractivity contribution is 5.98. The molecule has 0 spiro atoms. The topological polar surface area (TPSA) is 245 Å². The van der Waals surface area contributed by atoms with E-state index in [9.17, 15) is 24.0 Å². The number of carbonyl (C=O) groups is 5. The molecule has 368 valence electrons. The van der Waals surface area contributed by atoms with Crippen molar-refractivity contribution in [3.8, 4) is 0 Å². The zero-order valence-corrected chi connectivity index (χ0v) is 39.2. The molecule has 0 aromatic heterocycles. The van der Waals surface area contributed by atoms with Crippen LogP contribution in [0.15, 0.2) is 24.3 Å². The first-order valence-electron chi connectivity index (χ1n) is 22.8. The molecule has 0 radical (unpaired) electrons. The number of benzene rings is 1. The van der Waals surface area contributed by atoms with Crippen molar-refractivity contribution in [2.45, 2.75) is 91.6 Å². The first-order valence-corrected chi connectivity index (χ1v) is 22.8. The van der Waals surface area contributed by atoms with Gasteiger partial charge in [-0.25, -0.2) is 4.79 Å². The molecular formula is C45H80N6O13. The van der Waals surface area contributed by atoms with Crippen molar-refractivity contribution in [3.05, 3.63) is 29.8 Å². The molecule has 0 unspecified atom stereocenters. The van der Waals surface area contributed by atoms with Crippen LogP contribution in [-0.4, -0.2) is 161 Å². The Kier molecular flexibility index (Phi) is 35.8. The average Bonchev–Trinajstić information content (AvgIpc) is 3.25. The molecule has 0 saturated carbocycles. The van der Waals surface area contributed by atoms with Crippen LogP contribution in [0.2, 0.25) is 0 Å². The third kappa shape index (κ3) is 33.5. The molecule has 64 heavy (non-hydrogen) atoms. The Bertz CT molecular complexity index is 1370. The summed E-state index contributed by atoms with van der Waals surface area (Å²) in [6, 6.07) is 5.07. The first-order chi connectivity index (χ1) is 30.9. The Morgan fingerprint density at radius 3 is 1.48 bits per heavy atom. The van der Waals surface area contributed by atoms with Gasteiger partial charge in [0.2, 0.25) is 23.6 Å². The van der Waals surface area contributed by atoms with E-state index < -0.39 is 29.9 Å². The highest BCUT2D eigenvalue weighted by Gasteiger charge is 2.29. The summed E-state index contributed by atoms with van der Waals surface area (Å²) in [6.07, 6.45) is 4.02. The van der Waals surface area contributed by atoms with E-state index >= 15 is 0 Å². The lowest BCUT2D eigenvalue weighted by molar-refractivity contribution is -0.132. The molecule has 2 atom stereocenters. The number of nitrogens with two attached hydrogens (primary N) is 1. The van der Waals surface area contributed by atoms with Gasteiger partial charge in [0.1, 0.15) is 12.1 Å². The van der Waals surface area contributed by atoms with Crippen LogP contribution in [0.1, 0.15) is 78.7 Å². The highest BCUT2D eigenvalue weighted by Crippen LogP contribution is 2.14. The lowest BCUT2D eigenvalue weighted by Crippen LogP contribution is -2.54. The third-order valence-corrected chi connectivity index (χ3v) is 9.14. The zero-order chi connectivity index (χ0) is 47.0. The molecule has 1 rings (SSSR count). The number of unbranched alkanes of at least 4 members (excludes halogenated alkanes) is 1. The smallest absolute Gasteiger partial charge is 0.312 e. The van der Waals surface area contributed by atoms with Crippen LogP contribution in [0.4, 0.5) is 10.5 Å². The second-order valence-corrected chi connectivity index (χ2v) is 15.7. The number of hydrogen-bond acceptors (Lipinski definition) is 13. The van der Waals surface area contributed by atoms with Crippen LogP contribution < -0.4 is 32.3 Å². The third-order valence-electron chi connectivity index (χ3n) is 9.14. The lowest BCUT2D eigenvalue weighted by atomic mass is 10.0. The van der Waals surface area contributed by atoms with Crippen molar-refractivity contribution in [1.82, 2.24) is 21.3 Å². The summed E-state index contributed by atoms with van der Waals surface area (Å²) in [7, 11) is 0. The van der Waals surface area contributed by atoms with Crippen molar-refractivity contribution < 1.29 is 61.9 Å². The van der Waals surface area contributed by atoms with E-state index in [0.29, 0.717) is 123 Å². The van der Waals surface area contributed by atoms with Crippen molar-refractivity contribution in [2.24, 2.45) is 17.6 Å². The second-order valence-electron chi connectivity index (χ2n) is 15.7. The van der Waals surface area contributed by atoms with Crippen LogP contribution in [-0.2, 0) is 63.5 Å². The summed E-state index contributed by atoms with van der Waals surface area (Å²) < 4.78 is 43.9. The van der Waals surface area contributed by atoms with Crippen molar-refractivity contribution >= 4 is 35.3 Å². The quantitative estimate of drug-likeness (QED) is 0.0518. The van der Waals surface area contributed by atoms with E-state index in [0.717, 1.165) is 24.8 Å². The lowest BCUT2D eigenvalue weighted by Gasteiger charge is -2.25. The summed E-state index contributed by atoms with van der Waals surface area (Å²) in [5.41, 5.74) is 6.92. The molecule has 0 heterocycles. The number of amides is 6. The van der Waals surface area contributed by atoms with Gasteiger partial charge >= 0.3 is 6.03 Å². The Balaban J connectivity index is 2.10. The van der Waals surface area contributed by atoms with Gasteiger partial charge in [0.15, 0.2) is 0 Å². The minimum atomic E-state index is -0.925. The number of nitrogens with one attached hydrogen (secondary N) is 5. The maximum atomic E-state index is 13.4. The number of urea groups is 1. The van der Waals surface area contributed by atoms with Gasteiger partial charge in [0, 0.05) is 31.6 Å². The van der Waals surface area contributed by atoms with Crippen LogP contribution in [0, 0.1) is 11.8 Å². The molecule has 6 amide bonds. The predicted molar refractivity (Wildman–Crippen MR) is 243 cm³/mol. The number of carbonyl (C=O) groups excluding carboxylic acids is 5. The number of rotatable bonds is 42. The molecule has 1 aromatic carbocycles. The number of primary amides is 1. The van der Waals surface area contributed by atoms with E-state index in [-0.39, 0.29) is 50.3 Å². The maximum Gasteiger partial charge on any atom is 0.312 e. The van der Waals surface area contributed by atoms with E-state index in [1.807, 2.05) is 24.3 Å². The SMILES string of the molecule is CCCCC(=O)NCCOCCOCCOCCOCCOCCOCCOCCOCCC(=O)N[C@H](C(=O)N[C@@H](CCCNC(N)=O)C(=O)Nc1ccc(CC(C)C)cc1)C(C)C. The van der Waals surface area contributed by atoms with Gasteiger partial charge in [-0.1, -0.05) is 53.2 Å². The summed E-state index contributed by atoms with van der Waals surface area (Å²) in [4.78, 5) is 62.1. The van der Waals surface area contributed by atoms with Crippen molar-refractivity contribution in [1.29, 1.82) is 0 Å². The molecule has 19 nitrogen and oxygen atoms in total. The van der Waals surface area contributed by atoms with Crippen molar-refractivity contribution in [2.75, 3.05) is 124 Å². The monoisotopic (exact) mass is 913 g/mol. The van der Waals surface area contributed by atoms with Gasteiger partial charge in [-0.2, -0.15) is 0 Å². The number of hydrogen-bond donors (Lipinski definition) is 6. The normalized spacial score (nSPS) is 12.2. The largest absolute Gasteiger partial charge is 0.379 e. The fraction of sp³-hybridized carbons (Fsp3) is 0.756. The van der Waals surface area contributed by atoms with Crippen LogP contribution in [0.3, 0.4) is 0 Å². The summed E-state index contributed by atoms with van der Waals surface area (Å²) in [5, 5.41) is 13.7. The van der Waals surface area contributed by atoms with Crippen LogP contribution >= 0.6 is 0 Å². The van der Waals surface area contributed by atoms with E-state index in [4.69, 9.17) is 43.6 Å². The van der Waals surface area contributed by atoms with Gasteiger partial charge in [0.05, 0.1) is 106 Å². The molecule has 0 fully saturated rings. The minimum Gasteiger partial charge on any atom is -0.379 e. The fourth-order valence-electron chi connectivity index (χ4n) is 5.75. The van der Waals surface area contributed by atoms with E-state index in [2.05, 4.69) is 47.4 Å². The maximum absolute atomic E-state index is 13.4. The highest BCUT2D eigenvalue weighted by atomic mass is 16.6. The number of anilines is 1. The molecule has 0 bridgehead atoms. The average molecular weight is 913 g/mol. The molecule has 1 aromatic rings. The first kappa shape index (κ1) is 58.1. The molecule has 7 N–H and O–H groups in total.